The zero-order valence-corrected chi connectivity index (χ0v) is 15.9. The maximum absolute atomic E-state index is 12.2. The lowest BCUT2D eigenvalue weighted by atomic mass is 10.1. The summed E-state index contributed by atoms with van der Waals surface area (Å²) in [5.74, 6) is -0.840. The Hall–Kier alpha value is -3.00. The van der Waals surface area contributed by atoms with Crippen LogP contribution in [0.4, 0.5) is 5.69 Å². The molecule has 28 heavy (non-hydrogen) atoms. The minimum Gasteiger partial charge on any atom is -0.495 e. The number of carbonyl (C=O) groups excluding carboxylic acids is 3. The molecule has 2 heterocycles. The van der Waals surface area contributed by atoms with Crippen LogP contribution in [0.15, 0.2) is 41.0 Å². The molecule has 0 radical (unpaired) electrons. The first kappa shape index (κ1) is 19.8. The van der Waals surface area contributed by atoms with Gasteiger partial charge in [-0.05, 0) is 30.3 Å². The molecule has 2 amide bonds. The Bertz CT molecular complexity index is 867. The number of hydrogen-bond donors (Lipinski definition) is 1. The number of anilines is 1. The first-order valence-electron chi connectivity index (χ1n) is 8.56. The summed E-state index contributed by atoms with van der Waals surface area (Å²) in [5, 5.41) is 3.01. The average Bonchev–Trinajstić information content (AvgIpc) is 3.30. The van der Waals surface area contributed by atoms with Crippen molar-refractivity contribution in [2.45, 2.75) is 13.0 Å². The maximum atomic E-state index is 12.2. The number of furan rings is 1. The lowest BCUT2D eigenvalue weighted by molar-refractivity contribution is -0.151. The molecule has 9 heteroatoms. The Labute approximate surface area is 166 Å². The van der Waals surface area contributed by atoms with Crippen LogP contribution in [0.1, 0.15) is 12.2 Å². The predicted octanol–water partition coefficient (Wildman–Crippen LogP) is 2.47. The molecule has 1 fully saturated rings. The Morgan fingerprint density at radius 1 is 1.36 bits per heavy atom. The van der Waals surface area contributed by atoms with Crippen LogP contribution in [0.25, 0.3) is 0 Å². The van der Waals surface area contributed by atoms with Gasteiger partial charge in [-0.1, -0.05) is 11.6 Å². The standard InChI is InChI=1S/C19H19ClN2O6/c1-26-16-5-4-13(20)8-15(16)21-17(23)11-28-19(25)12-7-18(24)22(9-12)10-14-3-2-6-27-14/h2-6,8,12H,7,9-11H2,1H3,(H,21,23)/t12-/m0/s1. The fourth-order valence-electron chi connectivity index (χ4n) is 2.89. The lowest BCUT2D eigenvalue weighted by Crippen LogP contribution is -2.28. The number of benzene rings is 1. The molecule has 0 spiro atoms. The van der Waals surface area contributed by atoms with Crippen molar-refractivity contribution in [3.63, 3.8) is 0 Å². The number of nitrogens with one attached hydrogen (secondary N) is 1. The van der Waals surface area contributed by atoms with E-state index in [2.05, 4.69) is 5.32 Å². The molecule has 1 aliphatic heterocycles. The number of nitrogens with zero attached hydrogens (tertiary/aromatic N) is 1. The van der Waals surface area contributed by atoms with Crippen LogP contribution in [0, 0.1) is 5.92 Å². The highest BCUT2D eigenvalue weighted by molar-refractivity contribution is 6.31. The zero-order chi connectivity index (χ0) is 20.1. The third kappa shape index (κ3) is 4.83. The van der Waals surface area contributed by atoms with Gasteiger partial charge in [-0.2, -0.15) is 0 Å². The van der Waals surface area contributed by atoms with E-state index in [1.807, 2.05) is 0 Å². The van der Waals surface area contributed by atoms with Crippen LogP contribution in [0.2, 0.25) is 5.02 Å². The molecule has 0 unspecified atom stereocenters. The quantitative estimate of drug-likeness (QED) is 0.709. The van der Waals surface area contributed by atoms with Crippen LogP contribution in [0.3, 0.4) is 0 Å². The van der Waals surface area contributed by atoms with E-state index >= 15 is 0 Å². The van der Waals surface area contributed by atoms with Gasteiger partial charge in [-0.15, -0.1) is 0 Å². The van der Waals surface area contributed by atoms with Gasteiger partial charge in [0, 0.05) is 18.0 Å². The van der Waals surface area contributed by atoms with Crippen molar-refractivity contribution in [1.82, 2.24) is 4.90 Å². The Morgan fingerprint density at radius 2 is 2.18 bits per heavy atom. The van der Waals surface area contributed by atoms with Gasteiger partial charge in [0.25, 0.3) is 5.91 Å². The van der Waals surface area contributed by atoms with E-state index in [9.17, 15) is 14.4 Å². The molecule has 1 N–H and O–H groups in total. The number of carbonyl (C=O) groups is 3. The van der Waals surface area contributed by atoms with Crippen molar-refractivity contribution in [3.05, 3.63) is 47.4 Å². The van der Waals surface area contributed by atoms with Crippen LogP contribution in [-0.4, -0.2) is 42.9 Å². The number of amides is 2. The molecule has 1 saturated heterocycles. The van der Waals surface area contributed by atoms with E-state index in [1.54, 1.807) is 24.3 Å². The molecule has 1 atom stereocenters. The molecule has 3 rings (SSSR count). The number of likely N-dealkylation sites (tertiary alicyclic amines) is 1. The molecule has 1 aliphatic rings. The summed E-state index contributed by atoms with van der Waals surface area (Å²) >= 11 is 5.91. The van der Waals surface area contributed by atoms with Gasteiger partial charge in [0.15, 0.2) is 6.61 Å². The second kappa shape index (κ2) is 8.79. The molecule has 0 bridgehead atoms. The van der Waals surface area contributed by atoms with Crippen molar-refractivity contribution < 1.29 is 28.3 Å². The molecular formula is C19H19ClN2O6. The fraction of sp³-hybridized carbons (Fsp3) is 0.316. The van der Waals surface area contributed by atoms with Crippen LogP contribution in [-0.2, 0) is 25.7 Å². The largest absolute Gasteiger partial charge is 0.495 e. The van der Waals surface area contributed by atoms with E-state index in [0.29, 0.717) is 28.8 Å². The second-order valence-corrected chi connectivity index (χ2v) is 6.69. The number of rotatable bonds is 7. The smallest absolute Gasteiger partial charge is 0.311 e. The van der Waals surface area contributed by atoms with Gasteiger partial charge in [-0.3, -0.25) is 14.4 Å². The van der Waals surface area contributed by atoms with Gasteiger partial charge >= 0.3 is 5.97 Å². The summed E-state index contributed by atoms with van der Waals surface area (Å²) in [5.41, 5.74) is 0.372. The minimum atomic E-state index is -0.615. The van der Waals surface area contributed by atoms with Crippen molar-refractivity contribution in [2.75, 3.05) is 25.6 Å². The van der Waals surface area contributed by atoms with E-state index in [-0.39, 0.29) is 18.9 Å². The molecule has 0 saturated carbocycles. The van der Waals surface area contributed by atoms with Crippen molar-refractivity contribution in [1.29, 1.82) is 0 Å². The maximum Gasteiger partial charge on any atom is 0.311 e. The average molecular weight is 407 g/mol. The number of methoxy groups -OCH3 is 1. The Morgan fingerprint density at radius 3 is 2.89 bits per heavy atom. The molecule has 1 aromatic carbocycles. The summed E-state index contributed by atoms with van der Waals surface area (Å²) in [7, 11) is 1.46. The van der Waals surface area contributed by atoms with Crippen molar-refractivity contribution in [2.24, 2.45) is 5.92 Å². The summed E-state index contributed by atoms with van der Waals surface area (Å²) in [4.78, 5) is 37.9. The first-order chi connectivity index (χ1) is 13.5. The van der Waals surface area contributed by atoms with Gasteiger partial charge in [0.1, 0.15) is 11.5 Å². The monoisotopic (exact) mass is 406 g/mol. The number of hydrogen-bond acceptors (Lipinski definition) is 6. The highest BCUT2D eigenvalue weighted by Gasteiger charge is 2.35. The molecule has 148 valence electrons. The summed E-state index contributed by atoms with van der Waals surface area (Å²) in [6.45, 7) is 0.0458. The Balaban J connectivity index is 1.49. The fourth-order valence-corrected chi connectivity index (χ4v) is 3.06. The third-order valence-corrected chi connectivity index (χ3v) is 4.49. The Kier molecular flexibility index (Phi) is 6.20. The summed E-state index contributed by atoms with van der Waals surface area (Å²) in [6, 6.07) is 8.26. The minimum absolute atomic E-state index is 0.0449. The normalized spacial score (nSPS) is 16.1. The molecule has 0 aliphatic carbocycles. The number of esters is 1. The lowest BCUT2D eigenvalue weighted by Gasteiger charge is -2.15. The number of halogens is 1. The van der Waals surface area contributed by atoms with Gasteiger partial charge < -0.3 is 24.1 Å². The van der Waals surface area contributed by atoms with Gasteiger partial charge in [-0.25, -0.2) is 0 Å². The van der Waals surface area contributed by atoms with E-state index in [4.69, 9.17) is 25.5 Å². The molecular weight excluding hydrogens is 388 g/mol. The third-order valence-electron chi connectivity index (χ3n) is 4.26. The van der Waals surface area contributed by atoms with Crippen LogP contribution in [0.5, 0.6) is 5.75 Å². The SMILES string of the molecule is COc1ccc(Cl)cc1NC(=O)COC(=O)[C@H]1CC(=O)N(Cc2ccco2)C1. The zero-order valence-electron chi connectivity index (χ0n) is 15.1. The molecule has 2 aromatic rings. The second-order valence-electron chi connectivity index (χ2n) is 6.26. The van der Waals surface area contributed by atoms with Crippen LogP contribution < -0.4 is 10.1 Å². The number of ether oxygens (including phenoxy) is 2. The van der Waals surface area contributed by atoms with Crippen LogP contribution >= 0.6 is 11.6 Å². The predicted molar refractivity (Wildman–Crippen MR) is 99.8 cm³/mol. The first-order valence-corrected chi connectivity index (χ1v) is 8.94. The van der Waals surface area contributed by atoms with E-state index < -0.39 is 24.4 Å². The summed E-state index contributed by atoms with van der Waals surface area (Å²) in [6.07, 6.45) is 1.57. The van der Waals surface area contributed by atoms with E-state index in [1.165, 1.54) is 24.3 Å². The van der Waals surface area contributed by atoms with Crippen molar-refractivity contribution >= 4 is 35.1 Å². The molecule has 8 nitrogen and oxygen atoms in total. The topological polar surface area (TPSA) is 98.1 Å². The summed E-state index contributed by atoms with van der Waals surface area (Å²) < 4.78 is 15.4. The van der Waals surface area contributed by atoms with Gasteiger partial charge in [0.2, 0.25) is 5.91 Å². The highest BCUT2D eigenvalue weighted by Crippen LogP contribution is 2.27. The highest BCUT2D eigenvalue weighted by atomic mass is 35.5. The van der Waals surface area contributed by atoms with E-state index in [0.717, 1.165) is 0 Å². The van der Waals surface area contributed by atoms with Crippen molar-refractivity contribution in [3.8, 4) is 5.75 Å². The van der Waals surface area contributed by atoms with Gasteiger partial charge in [0.05, 0.1) is 31.5 Å². The molecule has 1 aromatic heterocycles.